The summed E-state index contributed by atoms with van der Waals surface area (Å²) in [5.74, 6) is 0.993. The zero-order valence-electron chi connectivity index (χ0n) is 7.23. The van der Waals surface area contributed by atoms with Gasteiger partial charge in [-0.1, -0.05) is 13.3 Å². The molecule has 2 rings (SSSR count). The van der Waals surface area contributed by atoms with E-state index >= 15 is 0 Å². The molecule has 1 unspecified atom stereocenters. The molecule has 0 aliphatic heterocycles. The molecule has 11 heavy (non-hydrogen) atoms. The summed E-state index contributed by atoms with van der Waals surface area (Å²) in [5.41, 5.74) is 0.412. The molecule has 2 fully saturated rings. The smallest absolute Gasteiger partial charge is 0.136 e. The van der Waals surface area contributed by atoms with Gasteiger partial charge in [0.1, 0.15) is 5.78 Å². The fraction of sp³-hybridized carbons (Fsp3) is 0.900. The summed E-state index contributed by atoms with van der Waals surface area (Å²) in [7, 11) is 0. The Morgan fingerprint density at radius 1 is 1.36 bits per heavy atom. The third kappa shape index (κ3) is 1.02. The van der Waals surface area contributed by atoms with Crippen LogP contribution < -0.4 is 0 Å². The van der Waals surface area contributed by atoms with E-state index in [4.69, 9.17) is 0 Å². The number of fused-ring (bicyclic) bond motifs is 1. The van der Waals surface area contributed by atoms with E-state index in [0.29, 0.717) is 17.1 Å². The van der Waals surface area contributed by atoms with Gasteiger partial charge in [0, 0.05) is 12.3 Å². The van der Waals surface area contributed by atoms with Crippen molar-refractivity contribution in [1.82, 2.24) is 0 Å². The first-order valence-electron chi connectivity index (χ1n) is 4.75. The van der Waals surface area contributed by atoms with Crippen molar-refractivity contribution in [3.8, 4) is 0 Å². The summed E-state index contributed by atoms with van der Waals surface area (Å²) in [6.45, 7) is 2.31. The molecule has 0 aromatic heterocycles. The lowest BCUT2D eigenvalue weighted by molar-refractivity contribution is -0.128. The summed E-state index contributed by atoms with van der Waals surface area (Å²) in [5, 5.41) is 0. The number of Topliss-reactive ketones (excluding diaryl/α,β-unsaturated/α-hetero) is 1. The highest BCUT2D eigenvalue weighted by Crippen LogP contribution is 2.50. The minimum Gasteiger partial charge on any atom is -0.299 e. The molecule has 0 aromatic carbocycles. The molecule has 2 saturated carbocycles. The molecule has 1 nitrogen and oxygen atoms in total. The Bertz CT molecular complexity index is 185. The summed E-state index contributed by atoms with van der Waals surface area (Å²) >= 11 is 0. The lowest BCUT2D eigenvalue weighted by atomic mass is 9.69. The van der Waals surface area contributed by atoms with Crippen molar-refractivity contribution in [3.63, 3.8) is 0 Å². The van der Waals surface area contributed by atoms with Gasteiger partial charge < -0.3 is 0 Å². The van der Waals surface area contributed by atoms with Crippen LogP contribution in [0.1, 0.15) is 45.4 Å². The molecule has 62 valence electrons. The standard InChI is InChI=1S/C10H16O/c1-10-6-2-4-8(10)9(11)5-3-7-10/h8H,2-7H2,1H3/t8?,10-/m0/s1. The molecule has 0 spiro atoms. The second-order valence-corrected chi connectivity index (χ2v) is 4.42. The largest absolute Gasteiger partial charge is 0.299 e. The molecule has 0 heterocycles. The number of ketones is 1. The van der Waals surface area contributed by atoms with Crippen molar-refractivity contribution in [2.24, 2.45) is 11.3 Å². The number of hydrogen-bond donors (Lipinski definition) is 0. The van der Waals surface area contributed by atoms with Crippen molar-refractivity contribution >= 4 is 5.78 Å². The number of hydrogen-bond acceptors (Lipinski definition) is 1. The molecular weight excluding hydrogens is 136 g/mol. The lowest BCUT2D eigenvalue weighted by Gasteiger charge is -2.34. The van der Waals surface area contributed by atoms with Crippen LogP contribution in [-0.2, 0) is 4.79 Å². The molecular formula is C10H16O. The first-order valence-corrected chi connectivity index (χ1v) is 4.75. The van der Waals surface area contributed by atoms with Gasteiger partial charge >= 0.3 is 0 Å². The lowest BCUT2D eigenvalue weighted by Crippen LogP contribution is -2.32. The van der Waals surface area contributed by atoms with Crippen LogP contribution in [0.2, 0.25) is 0 Å². The quantitative estimate of drug-likeness (QED) is 0.521. The fourth-order valence-corrected chi connectivity index (χ4v) is 2.92. The zero-order chi connectivity index (χ0) is 7.90. The molecule has 0 N–H and O–H groups in total. The van der Waals surface area contributed by atoms with E-state index in [9.17, 15) is 4.79 Å². The number of carbonyl (C=O) groups excluding carboxylic acids is 1. The van der Waals surface area contributed by atoms with Gasteiger partial charge in [-0.3, -0.25) is 4.79 Å². The maximum absolute atomic E-state index is 11.5. The molecule has 0 amide bonds. The van der Waals surface area contributed by atoms with Gasteiger partial charge in [0.15, 0.2) is 0 Å². The van der Waals surface area contributed by atoms with E-state index in [-0.39, 0.29) is 0 Å². The van der Waals surface area contributed by atoms with Gasteiger partial charge in [-0.05, 0) is 31.1 Å². The summed E-state index contributed by atoms with van der Waals surface area (Å²) in [6, 6.07) is 0. The van der Waals surface area contributed by atoms with Crippen LogP contribution in [0, 0.1) is 11.3 Å². The minimum absolute atomic E-state index is 0.412. The normalized spacial score (nSPS) is 44.1. The molecule has 1 heteroatoms. The van der Waals surface area contributed by atoms with Crippen LogP contribution in [0.3, 0.4) is 0 Å². The van der Waals surface area contributed by atoms with E-state index in [2.05, 4.69) is 6.92 Å². The first kappa shape index (κ1) is 7.33. The topological polar surface area (TPSA) is 17.1 Å². The maximum atomic E-state index is 11.5. The summed E-state index contributed by atoms with van der Waals surface area (Å²) in [6.07, 6.45) is 7.06. The van der Waals surface area contributed by atoms with Gasteiger partial charge in [0.25, 0.3) is 0 Å². The third-order valence-electron chi connectivity index (χ3n) is 3.64. The average Bonchev–Trinajstić information content (AvgIpc) is 2.31. The Kier molecular flexibility index (Phi) is 1.55. The SMILES string of the molecule is C[C@]12CCCC(=O)C1CCC2. The predicted octanol–water partition coefficient (Wildman–Crippen LogP) is 2.55. The van der Waals surface area contributed by atoms with Gasteiger partial charge in [0.05, 0.1) is 0 Å². The van der Waals surface area contributed by atoms with Crippen molar-refractivity contribution in [1.29, 1.82) is 0 Å². The summed E-state index contributed by atoms with van der Waals surface area (Å²) < 4.78 is 0. The summed E-state index contributed by atoms with van der Waals surface area (Å²) in [4.78, 5) is 11.5. The first-order chi connectivity index (χ1) is 5.22. The predicted molar refractivity (Wildman–Crippen MR) is 44.3 cm³/mol. The van der Waals surface area contributed by atoms with Gasteiger partial charge in [0.2, 0.25) is 0 Å². The van der Waals surface area contributed by atoms with E-state index in [1.54, 1.807) is 0 Å². The highest BCUT2D eigenvalue weighted by Gasteiger charge is 2.44. The van der Waals surface area contributed by atoms with Crippen molar-refractivity contribution in [2.45, 2.75) is 45.4 Å². The van der Waals surface area contributed by atoms with E-state index < -0.39 is 0 Å². The maximum Gasteiger partial charge on any atom is 0.136 e. The van der Waals surface area contributed by atoms with Crippen LogP contribution in [0.25, 0.3) is 0 Å². The van der Waals surface area contributed by atoms with Crippen molar-refractivity contribution in [2.75, 3.05) is 0 Å². The van der Waals surface area contributed by atoms with Crippen molar-refractivity contribution in [3.05, 3.63) is 0 Å². The third-order valence-corrected chi connectivity index (χ3v) is 3.64. The van der Waals surface area contributed by atoms with Crippen LogP contribution in [0.15, 0.2) is 0 Å². The van der Waals surface area contributed by atoms with Crippen molar-refractivity contribution < 1.29 is 4.79 Å². The average molecular weight is 152 g/mol. The van der Waals surface area contributed by atoms with Gasteiger partial charge in [-0.2, -0.15) is 0 Å². The second kappa shape index (κ2) is 2.33. The van der Waals surface area contributed by atoms with Crippen LogP contribution in [-0.4, -0.2) is 5.78 Å². The van der Waals surface area contributed by atoms with Crippen LogP contribution >= 0.6 is 0 Å². The Morgan fingerprint density at radius 2 is 2.09 bits per heavy atom. The molecule has 2 atom stereocenters. The molecule has 0 saturated heterocycles. The highest BCUT2D eigenvalue weighted by molar-refractivity contribution is 5.82. The van der Waals surface area contributed by atoms with Crippen LogP contribution in [0.4, 0.5) is 0 Å². The Balaban J connectivity index is 2.22. The Hall–Kier alpha value is -0.330. The minimum atomic E-state index is 0.412. The highest BCUT2D eigenvalue weighted by atomic mass is 16.1. The fourth-order valence-electron chi connectivity index (χ4n) is 2.92. The van der Waals surface area contributed by atoms with E-state index in [1.165, 1.54) is 25.7 Å². The Morgan fingerprint density at radius 3 is 2.82 bits per heavy atom. The zero-order valence-corrected chi connectivity index (χ0v) is 7.23. The molecule has 0 aromatic rings. The van der Waals surface area contributed by atoms with Gasteiger partial charge in [-0.25, -0.2) is 0 Å². The van der Waals surface area contributed by atoms with E-state index in [0.717, 1.165) is 12.8 Å². The molecule has 0 bridgehead atoms. The van der Waals surface area contributed by atoms with E-state index in [1.807, 2.05) is 0 Å². The van der Waals surface area contributed by atoms with Crippen LogP contribution in [0.5, 0.6) is 0 Å². The molecule has 2 aliphatic rings. The van der Waals surface area contributed by atoms with Gasteiger partial charge in [-0.15, -0.1) is 0 Å². The Labute approximate surface area is 68.2 Å². The number of rotatable bonds is 0. The second-order valence-electron chi connectivity index (χ2n) is 4.42. The monoisotopic (exact) mass is 152 g/mol. The molecule has 0 radical (unpaired) electrons. The molecule has 2 aliphatic carbocycles. The number of carbonyl (C=O) groups is 1.